The van der Waals surface area contributed by atoms with Crippen LogP contribution in [0.15, 0.2) is 11.4 Å². The Labute approximate surface area is 120 Å². The molecule has 1 atom stereocenters. The summed E-state index contributed by atoms with van der Waals surface area (Å²) >= 11 is 1.76. The summed E-state index contributed by atoms with van der Waals surface area (Å²) in [5, 5.41) is 5.40. The number of hydrogen-bond acceptors (Lipinski definition) is 3. The first-order valence-electron chi connectivity index (χ1n) is 7.10. The second kappa shape index (κ2) is 6.53. The highest BCUT2D eigenvalue weighted by atomic mass is 32.1. The van der Waals surface area contributed by atoms with Gasteiger partial charge in [0.05, 0.1) is 12.5 Å². The fraction of sp³-hybridized carbons (Fsp3) is 0.667. The van der Waals surface area contributed by atoms with Gasteiger partial charge in [-0.25, -0.2) is 0 Å². The molecule has 1 aromatic heterocycles. The van der Waals surface area contributed by atoms with Crippen LogP contribution in [0.4, 0.5) is 0 Å². The Bertz CT molecular complexity index is 422. The van der Waals surface area contributed by atoms with Gasteiger partial charge in [-0.15, -0.1) is 11.3 Å². The Morgan fingerprint density at radius 1 is 1.58 bits per heavy atom. The fourth-order valence-corrected chi connectivity index (χ4v) is 3.46. The van der Waals surface area contributed by atoms with Crippen molar-refractivity contribution in [3.63, 3.8) is 0 Å². The lowest BCUT2D eigenvalue weighted by atomic mass is 10.1. The highest BCUT2D eigenvalue weighted by Gasteiger charge is 2.27. The number of thiophene rings is 1. The van der Waals surface area contributed by atoms with Crippen LogP contribution in [0.2, 0.25) is 0 Å². The number of carbonyl (C=O) groups is 1. The van der Waals surface area contributed by atoms with Gasteiger partial charge in [0, 0.05) is 18.0 Å². The lowest BCUT2D eigenvalue weighted by Crippen LogP contribution is -2.38. The Balaban J connectivity index is 2.06. The lowest BCUT2D eigenvalue weighted by molar-refractivity contribution is -0.136. The lowest BCUT2D eigenvalue weighted by Gasteiger charge is -2.27. The van der Waals surface area contributed by atoms with E-state index < -0.39 is 0 Å². The van der Waals surface area contributed by atoms with Crippen molar-refractivity contribution in [2.75, 3.05) is 19.6 Å². The number of hydrogen-bond donors (Lipinski definition) is 1. The summed E-state index contributed by atoms with van der Waals surface area (Å²) < 4.78 is 0. The van der Waals surface area contributed by atoms with Gasteiger partial charge in [-0.05, 0) is 42.8 Å². The van der Waals surface area contributed by atoms with Crippen LogP contribution < -0.4 is 5.32 Å². The Kier molecular flexibility index (Phi) is 4.99. The van der Waals surface area contributed by atoms with Crippen LogP contribution in [0.3, 0.4) is 0 Å². The predicted molar refractivity (Wildman–Crippen MR) is 80.3 cm³/mol. The Hall–Kier alpha value is -0.870. The van der Waals surface area contributed by atoms with E-state index in [1.165, 1.54) is 10.4 Å². The molecule has 0 saturated carbocycles. The van der Waals surface area contributed by atoms with E-state index >= 15 is 0 Å². The van der Waals surface area contributed by atoms with E-state index in [9.17, 15) is 4.79 Å². The smallest absolute Gasteiger partial charge is 0.227 e. The van der Waals surface area contributed by atoms with Crippen LogP contribution in [-0.4, -0.2) is 30.4 Å². The number of aryl methyl sites for hydroxylation is 1. The third-order valence-electron chi connectivity index (χ3n) is 3.61. The quantitative estimate of drug-likeness (QED) is 0.899. The maximum Gasteiger partial charge on any atom is 0.227 e. The summed E-state index contributed by atoms with van der Waals surface area (Å²) in [4.78, 5) is 16.0. The van der Waals surface area contributed by atoms with E-state index in [2.05, 4.69) is 42.4 Å². The molecule has 0 unspecified atom stereocenters. The normalized spacial score (nSPS) is 19.1. The van der Waals surface area contributed by atoms with Gasteiger partial charge in [0.25, 0.3) is 0 Å². The second-order valence-electron chi connectivity index (χ2n) is 5.83. The number of nitrogens with zero attached hydrogens (tertiary/aromatic N) is 1. The molecule has 19 heavy (non-hydrogen) atoms. The van der Waals surface area contributed by atoms with Crippen LogP contribution in [0, 0.1) is 18.8 Å². The Morgan fingerprint density at radius 2 is 2.37 bits per heavy atom. The summed E-state index contributed by atoms with van der Waals surface area (Å²) in [7, 11) is 0. The third-order valence-corrected chi connectivity index (χ3v) is 4.62. The first-order valence-corrected chi connectivity index (χ1v) is 7.98. The molecule has 1 amide bonds. The third kappa shape index (κ3) is 3.80. The van der Waals surface area contributed by atoms with Gasteiger partial charge in [-0.3, -0.25) is 4.79 Å². The largest absolute Gasteiger partial charge is 0.337 e. The SMILES string of the molecule is Cc1ccsc1CN(CC(C)C)C(=O)[C@@H]1CCNC1. The molecule has 0 radical (unpaired) electrons. The summed E-state index contributed by atoms with van der Waals surface area (Å²) in [6, 6.07) is 2.13. The fourth-order valence-electron chi connectivity index (χ4n) is 2.54. The average Bonchev–Trinajstić information content (AvgIpc) is 2.99. The van der Waals surface area contributed by atoms with Gasteiger partial charge >= 0.3 is 0 Å². The van der Waals surface area contributed by atoms with Crippen LogP contribution in [0.25, 0.3) is 0 Å². The van der Waals surface area contributed by atoms with Crippen molar-refractivity contribution >= 4 is 17.2 Å². The summed E-state index contributed by atoms with van der Waals surface area (Å²) in [6.07, 6.45) is 0.983. The molecule has 0 bridgehead atoms. The maximum absolute atomic E-state index is 12.6. The maximum atomic E-state index is 12.6. The molecule has 4 heteroatoms. The van der Waals surface area contributed by atoms with E-state index in [1.54, 1.807) is 11.3 Å². The van der Waals surface area contributed by atoms with Crippen molar-refractivity contribution in [3.05, 3.63) is 21.9 Å². The molecule has 2 heterocycles. The molecular formula is C15H24N2OS. The first kappa shape index (κ1) is 14.5. The minimum absolute atomic E-state index is 0.180. The van der Waals surface area contributed by atoms with Gasteiger partial charge < -0.3 is 10.2 Å². The molecule has 1 aliphatic heterocycles. The summed E-state index contributed by atoms with van der Waals surface area (Å²) in [5.41, 5.74) is 1.30. The topological polar surface area (TPSA) is 32.3 Å². The molecule has 2 rings (SSSR count). The van der Waals surface area contributed by atoms with Crippen molar-refractivity contribution in [2.45, 2.75) is 33.7 Å². The first-order chi connectivity index (χ1) is 9.08. The zero-order chi connectivity index (χ0) is 13.8. The average molecular weight is 280 g/mol. The molecule has 0 aromatic carbocycles. The predicted octanol–water partition coefficient (Wildman–Crippen LogP) is 2.65. The van der Waals surface area contributed by atoms with Crippen LogP contribution >= 0.6 is 11.3 Å². The molecule has 0 aliphatic carbocycles. The van der Waals surface area contributed by atoms with Crippen molar-refractivity contribution in [1.82, 2.24) is 10.2 Å². The number of nitrogens with one attached hydrogen (secondary N) is 1. The van der Waals surface area contributed by atoms with Gasteiger partial charge in [0.1, 0.15) is 0 Å². The standard InChI is InChI=1S/C15H24N2OS/c1-11(2)9-17(10-14-12(3)5-7-19-14)15(18)13-4-6-16-8-13/h5,7,11,13,16H,4,6,8-10H2,1-3H3/t13-/m1/s1. The Morgan fingerprint density at radius 3 is 2.89 bits per heavy atom. The number of amides is 1. The monoisotopic (exact) mass is 280 g/mol. The molecule has 3 nitrogen and oxygen atoms in total. The number of carbonyl (C=O) groups excluding carboxylic acids is 1. The van der Waals surface area contributed by atoms with E-state index in [-0.39, 0.29) is 5.92 Å². The van der Waals surface area contributed by atoms with Gasteiger partial charge in [0.15, 0.2) is 0 Å². The molecule has 1 aromatic rings. The number of rotatable bonds is 5. The van der Waals surface area contributed by atoms with Crippen molar-refractivity contribution in [2.24, 2.45) is 11.8 Å². The molecule has 106 valence electrons. The van der Waals surface area contributed by atoms with E-state index in [0.29, 0.717) is 11.8 Å². The minimum atomic E-state index is 0.180. The summed E-state index contributed by atoms with van der Waals surface area (Å²) in [6.45, 7) is 9.92. The molecule has 1 fully saturated rings. The van der Waals surface area contributed by atoms with E-state index in [1.807, 2.05) is 0 Å². The zero-order valence-electron chi connectivity index (χ0n) is 12.1. The van der Waals surface area contributed by atoms with Crippen molar-refractivity contribution in [3.8, 4) is 0 Å². The highest BCUT2D eigenvalue weighted by molar-refractivity contribution is 7.10. The van der Waals surface area contributed by atoms with Crippen LogP contribution in [-0.2, 0) is 11.3 Å². The summed E-state index contributed by atoms with van der Waals surface area (Å²) in [5.74, 6) is 1.02. The molecule has 1 N–H and O–H groups in total. The van der Waals surface area contributed by atoms with Gasteiger partial charge in [0.2, 0.25) is 5.91 Å². The minimum Gasteiger partial charge on any atom is -0.337 e. The second-order valence-corrected chi connectivity index (χ2v) is 6.83. The van der Waals surface area contributed by atoms with E-state index in [4.69, 9.17) is 0 Å². The molecule has 1 saturated heterocycles. The van der Waals surface area contributed by atoms with Crippen LogP contribution in [0.1, 0.15) is 30.7 Å². The molecular weight excluding hydrogens is 256 g/mol. The van der Waals surface area contributed by atoms with Gasteiger partial charge in [-0.1, -0.05) is 13.8 Å². The van der Waals surface area contributed by atoms with Crippen molar-refractivity contribution < 1.29 is 4.79 Å². The molecule has 0 spiro atoms. The zero-order valence-corrected chi connectivity index (χ0v) is 12.9. The van der Waals surface area contributed by atoms with Crippen LogP contribution in [0.5, 0.6) is 0 Å². The van der Waals surface area contributed by atoms with Gasteiger partial charge in [-0.2, -0.15) is 0 Å². The van der Waals surface area contributed by atoms with E-state index in [0.717, 1.165) is 32.6 Å². The molecule has 1 aliphatic rings. The highest BCUT2D eigenvalue weighted by Crippen LogP contribution is 2.21. The van der Waals surface area contributed by atoms with Crippen molar-refractivity contribution in [1.29, 1.82) is 0 Å².